The molecule has 1 aromatic rings. The molecule has 1 aromatic heterocycles. The highest BCUT2D eigenvalue weighted by molar-refractivity contribution is 6.32. The molecule has 0 aromatic carbocycles. The van der Waals surface area contributed by atoms with Gasteiger partial charge in [0, 0.05) is 19.1 Å². The van der Waals surface area contributed by atoms with Crippen molar-refractivity contribution in [3.8, 4) is 0 Å². The third kappa shape index (κ3) is 2.82. The van der Waals surface area contributed by atoms with E-state index in [2.05, 4.69) is 16.8 Å². The maximum atomic E-state index is 12.5. The maximum absolute atomic E-state index is 12.5. The number of anilines is 1. The van der Waals surface area contributed by atoms with Gasteiger partial charge in [0.2, 0.25) is 0 Å². The van der Waals surface area contributed by atoms with Crippen LogP contribution in [0.3, 0.4) is 0 Å². The molecule has 0 aliphatic carbocycles. The van der Waals surface area contributed by atoms with E-state index < -0.39 is 0 Å². The minimum absolute atomic E-state index is 0.0963. The summed E-state index contributed by atoms with van der Waals surface area (Å²) in [5.41, 5.74) is 6.50. The van der Waals surface area contributed by atoms with Crippen LogP contribution >= 0.6 is 11.6 Å². The van der Waals surface area contributed by atoms with Gasteiger partial charge < -0.3 is 15.5 Å². The molecule has 1 amide bonds. The Balaban J connectivity index is 2.19. The Morgan fingerprint density at radius 3 is 2.79 bits per heavy atom. The number of aromatic nitrogens is 1. The molecule has 5 nitrogen and oxygen atoms in total. The first-order valence-corrected chi connectivity index (χ1v) is 6.64. The molecule has 0 bridgehead atoms. The van der Waals surface area contributed by atoms with Crippen LogP contribution in [0.1, 0.15) is 17.3 Å². The lowest BCUT2D eigenvalue weighted by molar-refractivity contribution is 0.0781. The third-order valence-electron chi connectivity index (χ3n) is 3.61. The van der Waals surface area contributed by atoms with Crippen molar-refractivity contribution in [3.63, 3.8) is 0 Å². The first kappa shape index (κ1) is 14.1. The molecule has 1 aliphatic rings. The topological polar surface area (TPSA) is 62.5 Å². The average molecular weight is 283 g/mol. The minimum atomic E-state index is -0.0963. The van der Waals surface area contributed by atoms with Crippen molar-refractivity contribution in [1.82, 2.24) is 14.8 Å². The highest BCUT2D eigenvalue weighted by atomic mass is 35.5. The molecule has 2 atom stereocenters. The lowest BCUT2D eigenvalue weighted by atomic mass is 10.1. The quantitative estimate of drug-likeness (QED) is 0.832. The maximum Gasteiger partial charge on any atom is 0.257 e. The Hall–Kier alpha value is -1.33. The van der Waals surface area contributed by atoms with Gasteiger partial charge in [-0.2, -0.15) is 0 Å². The van der Waals surface area contributed by atoms with Crippen molar-refractivity contribution < 1.29 is 4.79 Å². The van der Waals surface area contributed by atoms with Crippen molar-refractivity contribution >= 4 is 23.2 Å². The second-order valence-electron chi connectivity index (χ2n) is 5.33. The normalized spacial score (nSPS) is 23.1. The van der Waals surface area contributed by atoms with Gasteiger partial charge in [-0.3, -0.25) is 4.79 Å². The fourth-order valence-corrected chi connectivity index (χ4v) is 2.76. The van der Waals surface area contributed by atoms with Crippen LogP contribution in [0, 0.1) is 5.92 Å². The molecule has 1 fully saturated rings. The summed E-state index contributed by atoms with van der Waals surface area (Å²) >= 11 is 5.98. The number of amides is 1. The molecule has 19 heavy (non-hydrogen) atoms. The Bertz CT molecular complexity index is 492. The molecule has 0 saturated carbocycles. The van der Waals surface area contributed by atoms with E-state index in [0.29, 0.717) is 29.8 Å². The van der Waals surface area contributed by atoms with Gasteiger partial charge in [-0.1, -0.05) is 18.5 Å². The van der Waals surface area contributed by atoms with E-state index in [9.17, 15) is 4.79 Å². The zero-order valence-electron chi connectivity index (χ0n) is 11.4. The highest BCUT2D eigenvalue weighted by Crippen LogP contribution is 2.24. The number of carbonyl (C=O) groups is 1. The average Bonchev–Trinajstić information content (AvgIpc) is 2.74. The van der Waals surface area contributed by atoms with Crippen molar-refractivity contribution in [3.05, 3.63) is 23.0 Å². The van der Waals surface area contributed by atoms with Crippen molar-refractivity contribution in [1.29, 1.82) is 0 Å². The van der Waals surface area contributed by atoms with Gasteiger partial charge >= 0.3 is 0 Å². The minimum Gasteiger partial charge on any atom is -0.397 e. The zero-order valence-corrected chi connectivity index (χ0v) is 12.2. The van der Waals surface area contributed by atoms with E-state index in [1.54, 1.807) is 6.07 Å². The molecule has 0 spiro atoms. The van der Waals surface area contributed by atoms with Gasteiger partial charge in [-0.05, 0) is 26.1 Å². The van der Waals surface area contributed by atoms with Crippen LogP contribution in [-0.4, -0.2) is 53.9 Å². The van der Waals surface area contributed by atoms with Crippen LogP contribution in [0.2, 0.25) is 5.15 Å². The van der Waals surface area contributed by atoms with Crippen LogP contribution in [0.25, 0.3) is 0 Å². The van der Waals surface area contributed by atoms with Gasteiger partial charge in [0.1, 0.15) is 5.15 Å². The van der Waals surface area contributed by atoms with E-state index >= 15 is 0 Å². The van der Waals surface area contributed by atoms with Gasteiger partial charge in [0.05, 0.1) is 17.4 Å². The SMILES string of the molecule is CC1CN(C(=O)c2cc(N)cnc2Cl)CC1N(C)C. The number of nitrogen functional groups attached to an aromatic ring is 1. The number of nitrogens with two attached hydrogens (primary N) is 1. The lowest BCUT2D eigenvalue weighted by Crippen LogP contribution is -2.35. The van der Waals surface area contributed by atoms with Crippen molar-refractivity contribution in [2.75, 3.05) is 32.9 Å². The third-order valence-corrected chi connectivity index (χ3v) is 3.91. The van der Waals surface area contributed by atoms with Gasteiger partial charge in [-0.15, -0.1) is 0 Å². The van der Waals surface area contributed by atoms with E-state index in [1.807, 2.05) is 19.0 Å². The van der Waals surface area contributed by atoms with Gasteiger partial charge in [0.15, 0.2) is 0 Å². The van der Waals surface area contributed by atoms with E-state index in [0.717, 1.165) is 6.54 Å². The molecule has 2 N–H and O–H groups in total. The number of hydrogen-bond donors (Lipinski definition) is 1. The largest absolute Gasteiger partial charge is 0.397 e. The first-order valence-electron chi connectivity index (χ1n) is 6.27. The van der Waals surface area contributed by atoms with Crippen LogP contribution in [0.4, 0.5) is 5.69 Å². The second kappa shape index (κ2) is 5.35. The summed E-state index contributed by atoms with van der Waals surface area (Å²) in [6, 6.07) is 1.96. The number of pyridine rings is 1. The fraction of sp³-hybridized carbons (Fsp3) is 0.538. The summed E-state index contributed by atoms with van der Waals surface area (Å²) < 4.78 is 0. The predicted molar refractivity (Wildman–Crippen MR) is 76.2 cm³/mol. The van der Waals surface area contributed by atoms with E-state index in [-0.39, 0.29) is 11.1 Å². The second-order valence-corrected chi connectivity index (χ2v) is 5.68. The summed E-state index contributed by atoms with van der Waals surface area (Å²) in [6.07, 6.45) is 1.45. The number of halogens is 1. The number of carbonyl (C=O) groups excluding carboxylic acids is 1. The summed E-state index contributed by atoms with van der Waals surface area (Å²) in [5.74, 6) is 0.341. The molecular weight excluding hydrogens is 264 g/mol. The predicted octanol–water partition coefficient (Wildman–Crippen LogP) is 1.34. The fourth-order valence-electron chi connectivity index (χ4n) is 2.57. The molecule has 2 unspecified atom stereocenters. The van der Waals surface area contributed by atoms with Crippen LogP contribution in [0.15, 0.2) is 12.3 Å². The Labute approximate surface area is 118 Å². The molecule has 0 radical (unpaired) electrons. The molecule has 6 heteroatoms. The van der Waals surface area contributed by atoms with Crippen molar-refractivity contribution in [2.45, 2.75) is 13.0 Å². The molecule has 1 aliphatic heterocycles. The molecule has 104 valence electrons. The Morgan fingerprint density at radius 2 is 2.21 bits per heavy atom. The standard InChI is InChI=1S/C13H19ClN4O/c1-8-6-18(7-11(8)17(2)3)13(19)10-4-9(15)5-16-12(10)14/h4-5,8,11H,6-7,15H2,1-3H3. The van der Waals surface area contributed by atoms with Crippen LogP contribution < -0.4 is 5.73 Å². The Morgan fingerprint density at radius 1 is 1.53 bits per heavy atom. The van der Waals surface area contributed by atoms with Crippen molar-refractivity contribution in [2.24, 2.45) is 5.92 Å². The highest BCUT2D eigenvalue weighted by Gasteiger charge is 2.34. The monoisotopic (exact) mass is 282 g/mol. The number of likely N-dealkylation sites (N-methyl/N-ethyl adjacent to an activating group) is 1. The number of hydrogen-bond acceptors (Lipinski definition) is 4. The summed E-state index contributed by atoms with van der Waals surface area (Å²) in [7, 11) is 4.06. The molecule has 2 rings (SSSR count). The molecular formula is C13H19ClN4O. The van der Waals surface area contributed by atoms with Crippen LogP contribution in [-0.2, 0) is 0 Å². The Kier molecular flexibility index (Phi) is 3.96. The van der Waals surface area contributed by atoms with Gasteiger partial charge in [-0.25, -0.2) is 4.98 Å². The lowest BCUT2D eigenvalue weighted by Gasteiger charge is -2.22. The molecule has 2 heterocycles. The van der Waals surface area contributed by atoms with E-state index in [1.165, 1.54) is 6.20 Å². The summed E-state index contributed by atoms with van der Waals surface area (Å²) in [6.45, 7) is 3.59. The first-order chi connectivity index (χ1) is 8.90. The van der Waals surface area contributed by atoms with E-state index in [4.69, 9.17) is 17.3 Å². The summed E-state index contributed by atoms with van der Waals surface area (Å²) in [4.78, 5) is 20.4. The summed E-state index contributed by atoms with van der Waals surface area (Å²) in [5, 5.41) is 0.208. The van der Waals surface area contributed by atoms with Gasteiger partial charge in [0.25, 0.3) is 5.91 Å². The number of likely N-dealkylation sites (tertiary alicyclic amines) is 1. The number of rotatable bonds is 2. The molecule has 1 saturated heterocycles. The number of nitrogens with zero attached hydrogens (tertiary/aromatic N) is 3. The smallest absolute Gasteiger partial charge is 0.257 e. The van der Waals surface area contributed by atoms with Crippen LogP contribution in [0.5, 0.6) is 0 Å². The zero-order chi connectivity index (χ0) is 14.2.